The van der Waals surface area contributed by atoms with Crippen LogP contribution in [-0.2, 0) is 16.0 Å². The van der Waals surface area contributed by atoms with Gasteiger partial charge < -0.3 is 19.3 Å². The standard InChI is InChI=1S/C25H30N4O5/c30-25(27-11-13-33-14-12-27)22-17-19-16-20(29(31)32)6-7-23(19)28-9-8-26(18-24(22)28)10-15-34-21-4-2-1-3-5-21/h1-7,16,22,24H,8-15,17-18H2/t22-,24-/m1/s1. The molecule has 9 nitrogen and oxygen atoms in total. The van der Waals surface area contributed by atoms with E-state index in [4.69, 9.17) is 9.47 Å². The number of amides is 1. The number of carbonyl (C=O) groups is 1. The normalized spacial score (nSPS) is 22.6. The fourth-order valence-electron chi connectivity index (χ4n) is 5.30. The maximum absolute atomic E-state index is 13.6. The summed E-state index contributed by atoms with van der Waals surface area (Å²) in [5, 5.41) is 11.4. The molecular weight excluding hydrogens is 436 g/mol. The highest BCUT2D eigenvalue weighted by atomic mass is 16.6. The first-order valence-electron chi connectivity index (χ1n) is 11.9. The smallest absolute Gasteiger partial charge is 0.269 e. The van der Waals surface area contributed by atoms with Gasteiger partial charge in [-0.3, -0.25) is 19.8 Å². The number of benzene rings is 2. The number of anilines is 1. The molecule has 180 valence electrons. The van der Waals surface area contributed by atoms with Gasteiger partial charge in [-0.2, -0.15) is 0 Å². The number of nitro groups is 1. The highest BCUT2D eigenvalue weighted by Gasteiger charge is 2.43. The van der Waals surface area contributed by atoms with Crippen molar-refractivity contribution in [1.82, 2.24) is 9.80 Å². The number of hydrogen-bond acceptors (Lipinski definition) is 7. The van der Waals surface area contributed by atoms with Gasteiger partial charge in [0, 0.05) is 57.1 Å². The number of carbonyl (C=O) groups excluding carboxylic acids is 1. The number of nitro benzene ring substituents is 1. The fraction of sp³-hybridized carbons (Fsp3) is 0.480. The lowest BCUT2D eigenvalue weighted by Gasteiger charge is -2.50. The molecule has 9 heteroatoms. The predicted octanol–water partition coefficient (Wildman–Crippen LogP) is 2.20. The van der Waals surface area contributed by atoms with Gasteiger partial charge in [0.25, 0.3) is 5.69 Å². The third-order valence-corrected chi connectivity index (χ3v) is 7.05. The molecule has 0 radical (unpaired) electrons. The Morgan fingerprint density at radius 1 is 1.09 bits per heavy atom. The Kier molecular flexibility index (Phi) is 6.64. The summed E-state index contributed by atoms with van der Waals surface area (Å²) >= 11 is 0. The van der Waals surface area contributed by atoms with Gasteiger partial charge in [0.05, 0.1) is 30.1 Å². The first kappa shape index (κ1) is 22.6. The molecule has 1 amide bonds. The van der Waals surface area contributed by atoms with Crippen LogP contribution >= 0.6 is 0 Å². The minimum absolute atomic E-state index is 0.0229. The number of hydrogen-bond donors (Lipinski definition) is 0. The van der Waals surface area contributed by atoms with Gasteiger partial charge in [-0.1, -0.05) is 18.2 Å². The maximum atomic E-state index is 13.6. The molecule has 3 heterocycles. The van der Waals surface area contributed by atoms with Crippen molar-refractivity contribution in [3.05, 3.63) is 64.2 Å². The molecule has 2 atom stereocenters. The van der Waals surface area contributed by atoms with Crippen LogP contribution in [0.1, 0.15) is 5.56 Å². The summed E-state index contributed by atoms with van der Waals surface area (Å²) in [6.07, 6.45) is 0.517. The van der Waals surface area contributed by atoms with E-state index in [1.807, 2.05) is 41.3 Å². The van der Waals surface area contributed by atoms with Crippen molar-refractivity contribution in [1.29, 1.82) is 0 Å². The van der Waals surface area contributed by atoms with Crippen LogP contribution in [0.25, 0.3) is 0 Å². The van der Waals surface area contributed by atoms with Gasteiger partial charge in [-0.25, -0.2) is 0 Å². The molecule has 2 aromatic rings. The Morgan fingerprint density at radius 3 is 2.65 bits per heavy atom. The van der Waals surface area contributed by atoms with Crippen molar-refractivity contribution >= 4 is 17.3 Å². The van der Waals surface area contributed by atoms with Crippen LogP contribution in [0.5, 0.6) is 5.75 Å². The summed E-state index contributed by atoms with van der Waals surface area (Å²) in [7, 11) is 0. The molecule has 0 unspecified atom stereocenters. The topological polar surface area (TPSA) is 88.4 Å². The molecule has 2 fully saturated rings. The molecule has 0 N–H and O–H groups in total. The second-order valence-corrected chi connectivity index (χ2v) is 9.04. The molecule has 2 aromatic carbocycles. The van der Waals surface area contributed by atoms with E-state index in [1.54, 1.807) is 12.1 Å². The Balaban J connectivity index is 1.34. The van der Waals surface area contributed by atoms with E-state index in [1.165, 1.54) is 0 Å². The van der Waals surface area contributed by atoms with Gasteiger partial charge in [-0.05, 0) is 30.2 Å². The quantitative estimate of drug-likeness (QED) is 0.476. The SMILES string of the molecule is O=C([C@@H]1Cc2cc([N+](=O)[O-])ccc2N2CCN(CCOc3ccccc3)C[C@H]12)N1CCOCC1. The second-order valence-electron chi connectivity index (χ2n) is 9.04. The zero-order chi connectivity index (χ0) is 23.5. The van der Waals surface area contributed by atoms with Crippen molar-refractivity contribution < 1.29 is 19.2 Å². The van der Waals surface area contributed by atoms with Gasteiger partial charge in [-0.15, -0.1) is 0 Å². The van der Waals surface area contributed by atoms with Crippen LogP contribution in [0.3, 0.4) is 0 Å². The maximum Gasteiger partial charge on any atom is 0.269 e. The Morgan fingerprint density at radius 2 is 1.88 bits per heavy atom. The molecule has 0 aliphatic carbocycles. The number of piperazine rings is 1. The van der Waals surface area contributed by atoms with E-state index in [2.05, 4.69) is 9.80 Å². The number of morpholine rings is 1. The fourth-order valence-corrected chi connectivity index (χ4v) is 5.30. The van der Waals surface area contributed by atoms with Crippen LogP contribution < -0.4 is 9.64 Å². The highest BCUT2D eigenvalue weighted by molar-refractivity contribution is 5.82. The van der Waals surface area contributed by atoms with Crippen LogP contribution in [0.2, 0.25) is 0 Å². The van der Waals surface area contributed by atoms with E-state index < -0.39 is 0 Å². The monoisotopic (exact) mass is 466 g/mol. The first-order chi connectivity index (χ1) is 16.6. The number of ether oxygens (including phenoxy) is 2. The number of non-ortho nitro benzene ring substituents is 1. The largest absolute Gasteiger partial charge is 0.492 e. The summed E-state index contributed by atoms with van der Waals surface area (Å²) in [5.74, 6) is 0.734. The van der Waals surface area contributed by atoms with Gasteiger partial charge in [0.2, 0.25) is 5.91 Å². The highest BCUT2D eigenvalue weighted by Crippen LogP contribution is 2.38. The van der Waals surface area contributed by atoms with Gasteiger partial charge >= 0.3 is 0 Å². The van der Waals surface area contributed by atoms with Crippen molar-refractivity contribution in [2.24, 2.45) is 5.92 Å². The molecule has 2 saturated heterocycles. The molecular formula is C25H30N4O5. The number of rotatable bonds is 6. The zero-order valence-electron chi connectivity index (χ0n) is 19.2. The third kappa shape index (κ3) is 4.71. The van der Waals surface area contributed by atoms with Crippen LogP contribution in [-0.4, -0.2) is 85.8 Å². The third-order valence-electron chi connectivity index (χ3n) is 7.05. The summed E-state index contributed by atoms with van der Waals surface area (Å²) in [6.45, 7) is 6.05. The van der Waals surface area contributed by atoms with Gasteiger partial charge in [0.1, 0.15) is 12.4 Å². The summed E-state index contributed by atoms with van der Waals surface area (Å²) in [6, 6.07) is 14.9. The molecule has 3 aliphatic heterocycles. The summed E-state index contributed by atoms with van der Waals surface area (Å²) in [5.41, 5.74) is 1.98. The predicted molar refractivity (Wildman–Crippen MR) is 127 cm³/mol. The van der Waals surface area contributed by atoms with Gasteiger partial charge in [0.15, 0.2) is 0 Å². The summed E-state index contributed by atoms with van der Waals surface area (Å²) in [4.78, 5) is 31.2. The molecule has 0 spiro atoms. The van der Waals surface area contributed by atoms with E-state index in [0.29, 0.717) is 39.3 Å². The van der Waals surface area contributed by atoms with E-state index >= 15 is 0 Å². The van der Waals surface area contributed by atoms with Crippen molar-refractivity contribution in [2.45, 2.75) is 12.5 Å². The first-order valence-corrected chi connectivity index (χ1v) is 11.9. The van der Waals surface area contributed by atoms with Crippen molar-refractivity contribution in [2.75, 3.05) is 64.0 Å². The molecule has 0 aromatic heterocycles. The Bertz CT molecular complexity index is 1030. The molecule has 0 bridgehead atoms. The lowest BCUT2D eigenvalue weighted by atomic mass is 9.82. The lowest BCUT2D eigenvalue weighted by molar-refractivity contribution is -0.384. The molecule has 5 rings (SSSR count). The molecule has 3 aliphatic rings. The average Bonchev–Trinajstić information content (AvgIpc) is 2.88. The number of para-hydroxylation sites is 1. The minimum atomic E-state index is -0.365. The van der Waals surface area contributed by atoms with Crippen molar-refractivity contribution in [3.8, 4) is 5.75 Å². The number of fused-ring (bicyclic) bond motifs is 3. The molecule has 0 saturated carbocycles. The molecule has 34 heavy (non-hydrogen) atoms. The Hall–Kier alpha value is -3.17. The van der Waals surface area contributed by atoms with E-state index in [0.717, 1.165) is 43.2 Å². The van der Waals surface area contributed by atoms with Crippen molar-refractivity contribution in [3.63, 3.8) is 0 Å². The van der Waals surface area contributed by atoms with Crippen LogP contribution in [0, 0.1) is 16.0 Å². The minimum Gasteiger partial charge on any atom is -0.492 e. The van der Waals surface area contributed by atoms with Crippen LogP contribution in [0.15, 0.2) is 48.5 Å². The second kappa shape index (κ2) is 9.99. The zero-order valence-corrected chi connectivity index (χ0v) is 19.2. The number of nitrogens with zero attached hydrogens (tertiary/aromatic N) is 4. The van der Waals surface area contributed by atoms with E-state index in [9.17, 15) is 14.9 Å². The van der Waals surface area contributed by atoms with Crippen LogP contribution in [0.4, 0.5) is 11.4 Å². The lowest BCUT2D eigenvalue weighted by Crippen LogP contribution is -2.62. The Labute approximate surface area is 199 Å². The van der Waals surface area contributed by atoms with E-state index in [-0.39, 0.29) is 28.5 Å². The average molecular weight is 467 g/mol. The summed E-state index contributed by atoms with van der Waals surface area (Å²) < 4.78 is 11.3.